The van der Waals surface area contributed by atoms with Crippen molar-refractivity contribution in [3.63, 3.8) is 0 Å². The number of nitrogen functional groups attached to an aromatic ring is 1. The lowest BCUT2D eigenvalue weighted by atomic mass is 10.2. The molecule has 0 aromatic heterocycles. The molecule has 0 fully saturated rings. The van der Waals surface area contributed by atoms with Gasteiger partial charge in [0.1, 0.15) is 12.4 Å². The predicted molar refractivity (Wildman–Crippen MR) is 68.7 cm³/mol. The molecule has 1 rings (SSSR count). The van der Waals surface area contributed by atoms with Gasteiger partial charge in [0, 0.05) is 24.3 Å². The topological polar surface area (TPSA) is 38.5 Å². The molecule has 0 bridgehead atoms. The fourth-order valence-corrected chi connectivity index (χ4v) is 1.44. The summed E-state index contributed by atoms with van der Waals surface area (Å²) < 4.78 is 5.63. The van der Waals surface area contributed by atoms with E-state index in [0.717, 1.165) is 24.4 Å². The van der Waals surface area contributed by atoms with Gasteiger partial charge in [-0.2, -0.15) is 0 Å². The van der Waals surface area contributed by atoms with Crippen molar-refractivity contribution in [3.05, 3.63) is 24.3 Å². The maximum Gasteiger partial charge on any atom is 0.121 e. The zero-order valence-electron chi connectivity index (χ0n) is 10.4. The molecule has 0 saturated carbocycles. The summed E-state index contributed by atoms with van der Waals surface area (Å²) in [5.41, 5.74) is 6.41. The molecule has 2 N–H and O–H groups in total. The van der Waals surface area contributed by atoms with Crippen molar-refractivity contribution in [3.8, 4) is 5.75 Å². The maximum atomic E-state index is 5.67. The van der Waals surface area contributed by atoms with E-state index in [1.165, 1.54) is 0 Å². The number of ether oxygens (including phenoxy) is 1. The van der Waals surface area contributed by atoms with Crippen LogP contribution in [0.5, 0.6) is 5.75 Å². The average Bonchev–Trinajstić information content (AvgIpc) is 2.28. The molecule has 3 nitrogen and oxygen atoms in total. The fraction of sp³-hybridized carbons (Fsp3) is 0.538. The molecule has 0 aliphatic carbocycles. The zero-order chi connectivity index (χ0) is 12.0. The second-order valence-electron chi connectivity index (χ2n) is 4.16. The summed E-state index contributed by atoms with van der Waals surface area (Å²) >= 11 is 0. The van der Waals surface area contributed by atoms with Crippen LogP contribution in [0.3, 0.4) is 0 Å². The van der Waals surface area contributed by atoms with Crippen LogP contribution in [0.2, 0.25) is 0 Å². The molecule has 1 atom stereocenters. The number of rotatable bonds is 6. The Morgan fingerprint density at radius 1 is 1.44 bits per heavy atom. The van der Waals surface area contributed by atoms with Crippen molar-refractivity contribution in [2.45, 2.75) is 26.3 Å². The second-order valence-corrected chi connectivity index (χ2v) is 4.16. The first kappa shape index (κ1) is 12.8. The van der Waals surface area contributed by atoms with Gasteiger partial charge in [-0.05, 0) is 32.5 Å². The van der Waals surface area contributed by atoms with E-state index in [-0.39, 0.29) is 0 Å². The van der Waals surface area contributed by atoms with Gasteiger partial charge in [-0.15, -0.1) is 0 Å². The van der Waals surface area contributed by atoms with Gasteiger partial charge in [0.25, 0.3) is 0 Å². The Hall–Kier alpha value is -1.22. The third-order valence-electron chi connectivity index (χ3n) is 2.91. The van der Waals surface area contributed by atoms with Gasteiger partial charge in [-0.1, -0.05) is 13.0 Å². The Kier molecular flexibility index (Phi) is 5.12. The molecular formula is C13H22N2O. The first-order valence-electron chi connectivity index (χ1n) is 5.82. The van der Waals surface area contributed by atoms with Gasteiger partial charge in [-0.25, -0.2) is 0 Å². The van der Waals surface area contributed by atoms with Gasteiger partial charge in [-0.3, -0.25) is 0 Å². The minimum Gasteiger partial charge on any atom is -0.492 e. The van der Waals surface area contributed by atoms with Crippen LogP contribution in [0.25, 0.3) is 0 Å². The molecule has 3 heteroatoms. The van der Waals surface area contributed by atoms with Crippen LogP contribution in [-0.2, 0) is 0 Å². The highest BCUT2D eigenvalue weighted by atomic mass is 16.5. The van der Waals surface area contributed by atoms with Crippen LogP contribution in [-0.4, -0.2) is 31.1 Å². The van der Waals surface area contributed by atoms with Crippen molar-refractivity contribution < 1.29 is 4.74 Å². The average molecular weight is 222 g/mol. The van der Waals surface area contributed by atoms with Crippen LogP contribution in [0.4, 0.5) is 5.69 Å². The number of hydrogen-bond acceptors (Lipinski definition) is 3. The summed E-state index contributed by atoms with van der Waals surface area (Å²) in [6.45, 7) is 6.05. The highest BCUT2D eigenvalue weighted by molar-refractivity contribution is 5.43. The SMILES string of the molecule is CCC(C)N(C)CCOc1cccc(N)c1. The summed E-state index contributed by atoms with van der Waals surface area (Å²) in [6.07, 6.45) is 1.16. The normalized spacial score (nSPS) is 12.8. The number of nitrogens with zero attached hydrogens (tertiary/aromatic N) is 1. The van der Waals surface area contributed by atoms with Crippen molar-refractivity contribution in [1.82, 2.24) is 4.90 Å². The molecule has 90 valence electrons. The Morgan fingerprint density at radius 2 is 2.19 bits per heavy atom. The molecule has 0 amide bonds. The monoisotopic (exact) mass is 222 g/mol. The number of anilines is 1. The number of benzene rings is 1. The smallest absolute Gasteiger partial charge is 0.121 e. The van der Waals surface area contributed by atoms with Crippen molar-refractivity contribution in [1.29, 1.82) is 0 Å². The molecule has 16 heavy (non-hydrogen) atoms. The van der Waals surface area contributed by atoms with Crippen LogP contribution < -0.4 is 10.5 Å². The molecule has 1 aromatic carbocycles. The lowest BCUT2D eigenvalue weighted by molar-refractivity contribution is 0.197. The van der Waals surface area contributed by atoms with Gasteiger partial charge < -0.3 is 15.4 Å². The lowest BCUT2D eigenvalue weighted by Gasteiger charge is -2.23. The van der Waals surface area contributed by atoms with Crippen LogP contribution in [0.15, 0.2) is 24.3 Å². The van der Waals surface area contributed by atoms with Gasteiger partial charge in [0.15, 0.2) is 0 Å². The minimum atomic E-state index is 0.601. The van der Waals surface area contributed by atoms with Crippen molar-refractivity contribution in [2.75, 3.05) is 25.9 Å². The van der Waals surface area contributed by atoms with E-state index in [1.54, 1.807) is 0 Å². The second kappa shape index (κ2) is 6.38. The van der Waals surface area contributed by atoms with Crippen molar-refractivity contribution in [2.24, 2.45) is 0 Å². The predicted octanol–water partition coefficient (Wildman–Crippen LogP) is 2.38. The van der Waals surface area contributed by atoms with E-state index in [2.05, 4.69) is 25.8 Å². The summed E-state index contributed by atoms with van der Waals surface area (Å²) in [4.78, 5) is 2.30. The van der Waals surface area contributed by atoms with Crippen LogP contribution in [0, 0.1) is 0 Å². The summed E-state index contributed by atoms with van der Waals surface area (Å²) in [7, 11) is 2.12. The first-order chi connectivity index (χ1) is 7.63. The summed E-state index contributed by atoms with van der Waals surface area (Å²) in [5, 5.41) is 0. The molecule has 1 unspecified atom stereocenters. The van der Waals surface area contributed by atoms with Gasteiger partial charge in [0.2, 0.25) is 0 Å². The van der Waals surface area contributed by atoms with E-state index in [4.69, 9.17) is 10.5 Å². The third kappa shape index (κ3) is 4.11. The Morgan fingerprint density at radius 3 is 2.81 bits per heavy atom. The van der Waals surface area contributed by atoms with E-state index < -0.39 is 0 Å². The standard InChI is InChI=1S/C13H22N2O/c1-4-11(2)15(3)8-9-16-13-7-5-6-12(14)10-13/h5-7,10-11H,4,8-9,14H2,1-3H3. The molecule has 0 aliphatic rings. The van der Waals surface area contributed by atoms with Gasteiger partial charge in [0.05, 0.1) is 0 Å². The Balaban J connectivity index is 2.30. The number of likely N-dealkylation sites (N-methyl/N-ethyl adjacent to an activating group) is 1. The minimum absolute atomic E-state index is 0.601. The van der Waals surface area contributed by atoms with Crippen molar-refractivity contribution >= 4 is 5.69 Å². The zero-order valence-corrected chi connectivity index (χ0v) is 10.4. The molecular weight excluding hydrogens is 200 g/mol. The van der Waals surface area contributed by atoms with E-state index in [1.807, 2.05) is 24.3 Å². The largest absolute Gasteiger partial charge is 0.492 e. The first-order valence-corrected chi connectivity index (χ1v) is 5.82. The third-order valence-corrected chi connectivity index (χ3v) is 2.91. The molecule has 0 saturated heterocycles. The van der Waals surface area contributed by atoms with Crippen LogP contribution >= 0.6 is 0 Å². The quantitative estimate of drug-likeness (QED) is 0.751. The number of hydrogen-bond donors (Lipinski definition) is 1. The highest BCUT2D eigenvalue weighted by Crippen LogP contribution is 2.14. The van der Waals surface area contributed by atoms with Crippen LogP contribution in [0.1, 0.15) is 20.3 Å². The Bertz CT molecular complexity index is 315. The Labute approximate surface area is 98.2 Å². The summed E-state index contributed by atoms with van der Waals surface area (Å²) in [5.74, 6) is 0.845. The lowest BCUT2D eigenvalue weighted by Crippen LogP contribution is -2.32. The number of nitrogens with two attached hydrogens (primary N) is 1. The van der Waals surface area contributed by atoms with E-state index in [9.17, 15) is 0 Å². The van der Waals surface area contributed by atoms with E-state index >= 15 is 0 Å². The highest BCUT2D eigenvalue weighted by Gasteiger charge is 2.05. The molecule has 0 spiro atoms. The maximum absolute atomic E-state index is 5.67. The molecule has 0 radical (unpaired) electrons. The molecule has 1 aromatic rings. The molecule has 0 aliphatic heterocycles. The summed E-state index contributed by atoms with van der Waals surface area (Å²) in [6, 6.07) is 8.15. The van der Waals surface area contributed by atoms with E-state index in [0.29, 0.717) is 12.6 Å². The fourth-order valence-electron chi connectivity index (χ4n) is 1.44. The van der Waals surface area contributed by atoms with Gasteiger partial charge >= 0.3 is 0 Å². The molecule has 0 heterocycles.